The van der Waals surface area contributed by atoms with Crippen LogP contribution >= 0.6 is 0 Å². The molecule has 76 valence electrons. The summed E-state index contributed by atoms with van der Waals surface area (Å²) < 4.78 is 0. The number of aromatic nitrogens is 1. The molecule has 0 aliphatic rings. The number of hydrogen-bond acceptors (Lipinski definition) is 3. The Hall–Kier alpha value is -2.03. The second-order valence-corrected chi connectivity index (χ2v) is 3.33. The van der Waals surface area contributed by atoms with Crippen molar-refractivity contribution in [3.8, 4) is 0 Å². The van der Waals surface area contributed by atoms with Crippen LogP contribution in [-0.2, 0) is 0 Å². The third-order valence-electron chi connectivity index (χ3n) is 2.43. The van der Waals surface area contributed by atoms with E-state index in [0.29, 0.717) is 5.69 Å². The van der Waals surface area contributed by atoms with Gasteiger partial charge in [-0.25, -0.2) is 0 Å². The molecule has 2 aromatic rings. The first-order chi connectivity index (χ1) is 7.24. The fourth-order valence-electron chi connectivity index (χ4n) is 1.60. The van der Waals surface area contributed by atoms with E-state index in [4.69, 9.17) is 5.73 Å². The van der Waals surface area contributed by atoms with E-state index < -0.39 is 0 Å². The van der Waals surface area contributed by atoms with Gasteiger partial charge in [0.15, 0.2) is 0 Å². The molecule has 1 heterocycles. The molecule has 15 heavy (non-hydrogen) atoms. The highest BCUT2D eigenvalue weighted by Crippen LogP contribution is 2.24. The van der Waals surface area contributed by atoms with Crippen molar-refractivity contribution in [2.24, 2.45) is 0 Å². The summed E-state index contributed by atoms with van der Waals surface area (Å²) in [6.07, 6.45) is 1.75. The van der Waals surface area contributed by atoms with Crippen LogP contribution in [-0.4, -0.2) is 12.0 Å². The average Bonchev–Trinajstić information content (AvgIpc) is 2.28. The van der Waals surface area contributed by atoms with Crippen LogP contribution in [0.5, 0.6) is 0 Å². The van der Waals surface area contributed by atoms with Gasteiger partial charge >= 0.3 is 0 Å². The number of hydrogen-bond donors (Lipinski definition) is 2. The molecular weight excluding hydrogens is 186 g/mol. The zero-order valence-electron chi connectivity index (χ0n) is 8.62. The molecule has 0 radical (unpaired) electrons. The van der Waals surface area contributed by atoms with Crippen LogP contribution in [0.15, 0.2) is 37.0 Å². The number of anilines is 1. The van der Waals surface area contributed by atoms with Gasteiger partial charge in [-0.2, -0.15) is 0 Å². The van der Waals surface area contributed by atoms with Crippen molar-refractivity contribution in [2.45, 2.75) is 0 Å². The lowest BCUT2D eigenvalue weighted by Crippen LogP contribution is -2.04. The summed E-state index contributed by atoms with van der Waals surface area (Å²) in [5.74, 6) is 0. The van der Waals surface area contributed by atoms with Crippen molar-refractivity contribution in [1.82, 2.24) is 10.3 Å². The van der Waals surface area contributed by atoms with Gasteiger partial charge in [-0.1, -0.05) is 18.7 Å². The topological polar surface area (TPSA) is 50.9 Å². The van der Waals surface area contributed by atoms with Crippen molar-refractivity contribution in [3.05, 3.63) is 42.6 Å². The Bertz CT molecular complexity index is 517. The molecule has 0 bridgehead atoms. The quantitative estimate of drug-likeness (QED) is 0.727. The van der Waals surface area contributed by atoms with Crippen LogP contribution in [0.25, 0.3) is 16.6 Å². The monoisotopic (exact) mass is 199 g/mol. The summed E-state index contributed by atoms with van der Waals surface area (Å²) >= 11 is 0. The van der Waals surface area contributed by atoms with Gasteiger partial charge in [0, 0.05) is 29.9 Å². The molecule has 0 amide bonds. The van der Waals surface area contributed by atoms with Crippen LogP contribution in [0.4, 0.5) is 5.69 Å². The molecule has 0 fully saturated rings. The first kappa shape index (κ1) is 9.52. The summed E-state index contributed by atoms with van der Waals surface area (Å²) in [5.41, 5.74) is 9.28. The molecule has 3 heteroatoms. The number of nitrogen functional groups attached to an aromatic ring is 1. The van der Waals surface area contributed by atoms with Gasteiger partial charge in [0.1, 0.15) is 0 Å². The molecular formula is C12H13N3. The Labute approximate surface area is 88.6 Å². The number of nitrogens with two attached hydrogens (primary N) is 1. The summed E-state index contributed by atoms with van der Waals surface area (Å²) in [4.78, 5) is 4.26. The molecule has 0 atom stereocenters. The highest BCUT2D eigenvalue weighted by molar-refractivity contribution is 5.96. The second kappa shape index (κ2) is 3.61. The Morgan fingerprint density at radius 3 is 2.93 bits per heavy atom. The number of nitrogens with one attached hydrogen (secondary N) is 1. The van der Waals surface area contributed by atoms with E-state index in [9.17, 15) is 0 Å². The fraction of sp³-hybridized carbons (Fsp3) is 0.0833. The van der Waals surface area contributed by atoms with Gasteiger partial charge in [0.25, 0.3) is 0 Å². The summed E-state index contributed by atoms with van der Waals surface area (Å²) in [5, 5.41) is 4.05. The lowest BCUT2D eigenvalue weighted by molar-refractivity contribution is 1.13. The minimum atomic E-state index is 0.693. The molecule has 1 aromatic carbocycles. The molecule has 3 nitrogen and oxygen atoms in total. The van der Waals surface area contributed by atoms with Gasteiger partial charge in [-0.05, 0) is 12.1 Å². The number of rotatable bonds is 2. The van der Waals surface area contributed by atoms with Crippen molar-refractivity contribution >= 4 is 22.3 Å². The molecule has 3 N–H and O–H groups in total. The maximum Gasteiger partial charge on any atom is 0.0937 e. The maximum atomic E-state index is 5.85. The van der Waals surface area contributed by atoms with Gasteiger partial charge in [0.2, 0.25) is 0 Å². The molecule has 0 saturated heterocycles. The normalized spacial score (nSPS) is 10.2. The molecule has 0 aliphatic carbocycles. The standard InChI is InChI=1S/C12H13N3/c1-8(14-2)9-6-7-15-12-10(9)4-3-5-11(12)13/h3-7,14H,1,13H2,2H3. The molecule has 2 rings (SSSR count). The third-order valence-corrected chi connectivity index (χ3v) is 2.43. The van der Waals surface area contributed by atoms with Crippen LogP contribution in [0, 0.1) is 0 Å². The number of para-hydroxylation sites is 1. The first-order valence-electron chi connectivity index (χ1n) is 4.74. The number of nitrogens with zero attached hydrogens (tertiary/aromatic N) is 1. The average molecular weight is 199 g/mol. The Morgan fingerprint density at radius 2 is 2.20 bits per heavy atom. The van der Waals surface area contributed by atoms with Crippen molar-refractivity contribution in [2.75, 3.05) is 12.8 Å². The minimum absolute atomic E-state index is 0.693. The fourth-order valence-corrected chi connectivity index (χ4v) is 1.60. The molecule has 0 aliphatic heterocycles. The van der Waals surface area contributed by atoms with Crippen LogP contribution in [0.2, 0.25) is 0 Å². The van der Waals surface area contributed by atoms with Gasteiger partial charge in [0.05, 0.1) is 11.2 Å². The largest absolute Gasteiger partial charge is 0.397 e. The number of pyridine rings is 1. The Morgan fingerprint density at radius 1 is 1.40 bits per heavy atom. The van der Waals surface area contributed by atoms with Crippen LogP contribution in [0.3, 0.4) is 0 Å². The Balaban J connectivity index is 2.77. The highest BCUT2D eigenvalue weighted by atomic mass is 14.8. The zero-order valence-corrected chi connectivity index (χ0v) is 8.62. The van der Waals surface area contributed by atoms with Gasteiger partial charge in [-0.15, -0.1) is 0 Å². The Kier molecular flexibility index (Phi) is 2.29. The van der Waals surface area contributed by atoms with Crippen LogP contribution < -0.4 is 11.1 Å². The highest BCUT2D eigenvalue weighted by Gasteiger charge is 2.05. The minimum Gasteiger partial charge on any atom is -0.397 e. The van der Waals surface area contributed by atoms with Gasteiger partial charge < -0.3 is 11.1 Å². The predicted molar refractivity (Wildman–Crippen MR) is 64.2 cm³/mol. The second-order valence-electron chi connectivity index (χ2n) is 3.33. The molecule has 0 spiro atoms. The smallest absolute Gasteiger partial charge is 0.0937 e. The van der Waals surface area contributed by atoms with Crippen molar-refractivity contribution < 1.29 is 0 Å². The first-order valence-corrected chi connectivity index (χ1v) is 4.74. The van der Waals surface area contributed by atoms with E-state index in [1.165, 1.54) is 0 Å². The molecule has 0 unspecified atom stereocenters. The summed E-state index contributed by atoms with van der Waals surface area (Å²) in [6, 6.07) is 7.70. The molecule has 1 aromatic heterocycles. The predicted octanol–water partition coefficient (Wildman–Crippen LogP) is 2.01. The van der Waals surface area contributed by atoms with Crippen molar-refractivity contribution in [1.29, 1.82) is 0 Å². The lowest BCUT2D eigenvalue weighted by Gasteiger charge is -2.09. The van der Waals surface area contributed by atoms with Gasteiger partial charge in [-0.3, -0.25) is 4.98 Å². The summed E-state index contributed by atoms with van der Waals surface area (Å²) in [6.45, 7) is 3.94. The van der Waals surface area contributed by atoms with E-state index in [0.717, 1.165) is 22.2 Å². The van der Waals surface area contributed by atoms with Crippen LogP contribution in [0.1, 0.15) is 5.56 Å². The maximum absolute atomic E-state index is 5.85. The zero-order chi connectivity index (χ0) is 10.8. The number of benzene rings is 1. The van der Waals surface area contributed by atoms with E-state index in [1.807, 2.05) is 31.3 Å². The number of fused-ring (bicyclic) bond motifs is 1. The SMILES string of the molecule is C=C(NC)c1ccnc2c(N)cccc12. The van der Waals surface area contributed by atoms with E-state index in [2.05, 4.69) is 16.9 Å². The van der Waals surface area contributed by atoms with E-state index >= 15 is 0 Å². The molecule has 0 saturated carbocycles. The van der Waals surface area contributed by atoms with E-state index in [1.54, 1.807) is 6.20 Å². The third kappa shape index (κ3) is 1.52. The van der Waals surface area contributed by atoms with Crippen molar-refractivity contribution in [3.63, 3.8) is 0 Å². The lowest BCUT2D eigenvalue weighted by atomic mass is 10.1. The van der Waals surface area contributed by atoms with E-state index in [-0.39, 0.29) is 0 Å². The summed E-state index contributed by atoms with van der Waals surface area (Å²) in [7, 11) is 1.85.